The third kappa shape index (κ3) is 4.82. The van der Waals surface area contributed by atoms with Crippen LogP contribution < -0.4 is 0 Å². The Hall–Kier alpha value is -1.59. The standard InChI is InChI=1S/C22H30N2O2S/c25-22(18-10-13-23(14-11-18)17-20-6-3-15-26-20)24-12-2-1-5-19(24)8-9-21-7-4-16-27-21/h3-4,6-7,15-16,18-19H,1-2,5,8-14,17H2/t19-/m1/s1. The first kappa shape index (κ1) is 18.8. The van der Waals surface area contributed by atoms with Crippen molar-refractivity contribution in [1.29, 1.82) is 0 Å². The van der Waals surface area contributed by atoms with Crippen molar-refractivity contribution in [3.8, 4) is 0 Å². The highest BCUT2D eigenvalue weighted by atomic mass is 32.1. The minimum absolute atomic E-state index is 0.209. The number of aryl methyl sites for hydroxylation is 1. The van der Waals surface area contributed by atoms with Gasteiger partial charge in [0.2, 0.25) is 5.91 Å². The number of amides is 1. The summed E-state index contributed by atoms with van der Waals surface area (Å²) in [5.41, 5.74) is 0. The fraction of sp³-hybridized carbons (Fsp3) is 0.591. The quantitative estimate of drug-likeness (QED) is 0.730. The summed E-state index contributed by atoms with van der Waals surface area (Å²) in [5.74, 6) is 1.65. The maximum Gasteiger partial charge on any atom is 0.226 e. The highest BCUT2D eigenvalue weighted by Crippen LogP contribution is 2.28. The lowest BCUT2D eigenvalue weighted by Gasteiger charge is -2.40. The number of rotatable bonds is 6. The van der Waals surface area contributed by atoms with Crippen LogP contribution in [0.25, 0.3) is 0 Å². The van der Waals surface area contributed by atoms with Gasteiger partial charge in [0, 0.05) is 23.4 Å². The summed E-state index contributed by atoms with van der Waals surface area (Å²) in [4.78, 5) is 19.3. The van der Waals surface area contributed by atoms with Crippen LogP contribution in [0.3, 0.4) is 0 Å². The minimum Gasteiger partial charge on any atom is -0.468 e. The zero-order valence-corrected chi connectivity index (χ0v) is 16.8. The number of nitrogens with zero attached hydrogens (tertiary/aromatic N) is 2. The summed E-state index contributed by atoms with van der Waals surface area (Å²) in [6, 6.07) is 8.75. The number of hydrogen-bond donors (Lipinski definition) is 0. The van der Waals surface area contributed by atoms with Gasteiger partial charge >= 0.3 is 0 Å². The first-order valence-electron chi connectivity index (χ1n) is 10.4. The molecule has 4 rings (SSSR count). The molecule has 2 aromatic rings. The van der Waals surface area contributed by atoms with Crippen LogP contribution in [0.1, 0.15) is 49.2 Å². The largest absolute Gasteiger partial charge is 0.468 e. The van der Waals surface area contributed by atoms with Gasteiger partial charge in [0.1, 0.15) is 5.76 Å². The molecule has 0 saturated carbocycles. The fourth-order valence-electron chi connectivity index (χ4n) is 4.55. The van der Waals surface area contributed by atoms with Crippen molar-refractivity contribution in [1.82, 2.24) is 9.80 Å². The van der Waals surface area contributed by atoms with Gasteiger partial charge in [0.25, 0.3) is 0 Å². The van der Waals surface area contributed by atoms with Crippen molar-refractivity contribution in [3.63, 3.8) is 0 Å². The highest BCUT2D eigenvalue weighted by Gasteiger charge is 2.33. The first-order chi connectivity index (χ1) is 13.3. The van der Waals surface area contributed by atoms with Crippen molar-refractivity contribution in [2.75, 3.05) is 19.6 Å². The monoisotopic (exact) mass is 386 g/mol. The Morgan fingerprint density at radius 1 is 1.11 bits per heavy atom. The minimum atomic E-state index is 0.209. The summed E-state index contributed by atoms with van der Waals surface area (Å²) in [6.45, 7) is 3.80. The predicted molar refractivity (Wildman–Crippen MR) is 109 cm³/mol. The van der Waals surface area contributed by atoms with Gasteiger partial charge in [-0.1, -0.05) is 6.07 Å². The molecule has 0 aliphatic carbocycles. The second-order valence-electron chi connectivity index (χ2n) is 7.93. The van der Waals surface area contributed by atoms with Gasteiger partial charge in [-0.15, -0.1) is 11.3 Å². The number of furan rings is 1. The number of thiophene rings is 1. The van der Waals surface area contributed by atoms with Gasteiger partial charge in [0.05, 0.1) is 12.8 Å². The average Bonchev–Trinajstić information content (AvgIpc) is 3.41. The molecule has 0 spiro atoms. The van der Waals surface area contributed by atoms with E-state index in [0.29, 0.717) is 11.9 Å². The van der Waals surface area contributed by atoms with E-state index in [9.17, 15) is 4.79 Å². The maximum absolute atomic E-state index is 13.2. The molecule has 0 aromatic carbocycles. The Morgan fingerprint density at radius 2 is 2.00 bits per heavy atom. The van der Waals surface area contributed by atoms with Gasteiger partial charge in [-0.2, -0.15) is 0 Å². The summed E-state index contributed by atoms with van der Waals surface area (Å²) < 4.78 is 5.46. The Bertz CT molecular complexity index is 690. The van der Waals surface area contributed by atoms with Crippen LogP contribution in [0.15, 0.2) is 40.3 Å². The van der Waals surface area contributed by atoms with E-state index < -0.39 is 0 Å². The zero-order valence-electron chi connectivity index (χ0n) is 16.0. The van der Waals surface area contributed by atoms with Gasteiger partial charge < -0.3 is 9.32 Å². The second kappa shape index (κ2) is 9.07. The highest BCUT2D eigenvalue weighted by molar-refractivity contribution is 7.09. The normalized spacial score (nSPS) is 22.2. The SMILES string of the molecule is O=C(C1CCN(Cc2ccco2)CC1)N1CCCC[C@@H]1CCc1cccs1. The number of carbonyl (C=O) groups is 1. The Balaban J connectivity index is 1.29. The lowest BCUT2D eigenvalue weighted by Crippen LogP contribution is -2.48. The summed E-state index contributed by atoms with van der Waals surface area (Å²) in [5, 5.41) is 2.15. The van der Waals surface area contributed by atoms with Crippen molar-refractivity contribution in [3.05, 3.63) is 46.5 Å². The average molecular weight is 387 g/mol. The first-order valence-corrected chi connectivity index (χ1v) is 11.2. The van der Waals surface area contributed by atoms with Crippen LogP contribution in [0.5, 0.6) is 0 Å². The van der Waals surface area contributed by atoms with Crippen LogP contribution in [0.2, 0.25) is 0 Å². The van der Waals surface area contributed by atoms with E-state index in [1.807, 2.05) is 23.5 Å². The number of carbonyl (C=O) groups excluding carboxylic acids is 1. The lowest BCUT2D eigenvalue weighted by molar-refractivity contribution is -0.141. The molecule has 1 atom stereocenters. The Labute approximate surface area is 166 Å². The van der Waals surface area contributed by atoms with Crippen LogP contribution in [-0.4, -0.2) is 41.4 Å². The summed E-state index contributed by atoms with van der Waals surface area (Å²) >= 11 is 1.83. The molecule has 2 aliphatic rings. The van der Waals surface area contributed by atoms with Gasteiger partial charge in [-0.05, 0) is 81.6 Å². The molecule has 2 fully saturated rings. The molecule has 2 aromatic heterocycles. The van der Waals surface area contributed by atoms with Crippen molar-refractivity contribution in [2.24, 2.45) is 5.92 Å². The lowest BCUT2D eigenvalue weighted by atomic mass is 9.91. The molecular weight excluding hydrogens is 356 g/mol. The summed E-state index contributed by atoms with van der Waals surface area (Å²) in [6.07, 6.45) is 9.52. The van der Waals surface area contributed by atoms with Crippen LogP contribution in [-0.2, 0) is 17.8 Å². The zero-order chi connectivity index (χ0) is 18.5. The summed E-state index contributed by atoms with van der Waals surface area (Å²) in [7, 11) is 0. The van der Waals surface area contributed by atoms with E-state index in [1.165, 1.54) is 24.1 Å². The molecule has 146 valence electrons. The number of likely N-dealkylation sites (tertiary alicyclic amines) is 2. The van der Waals surface area contributed by atoms with Gasteiger partial charge in [0.15, 0.2) is 0 Å². The molecule has 2 saturated heterocycles. The molecular formula is C22H30N2O2S. The van der Waals surface area contributed by atoms with E-state index in [2.05, 4.69) is 27.3 Å². The van der Waals surface area contributed by atoms with Gasteiger partial charge in [-0.3, -0.25) is 9.69 Å². The Morgan fingerprint density at radius 3 is 2.74 bits per heavy atom. The third-order valence-corrected chi connectivity index (χ3v) is 7.05. The van der Waals surface area contributed by atoms with Gasteiger partial charge in [-0.25, -0.2) is 0 Å². The van der Waals surface area contributed by atoms with Crippen LogP contribution in [0, 0.1) is 5.92 Å². The predicted octanol–water partition coefficient (Wildman–Crippen LogP) is 4.57. The molecule has 0 unspecified atom stereocenters. The van der Waals surface area contributed by atoms with E-state index in [0.717, 1.165) is 57.6 Å². The molecule has 0 bridgehead atoms. The smallest absolute Gasteiger partial charge is 0.226 e. The molecule has 5 heteroatoms. The van der Waals surface area contributed by atoms with E-state index in [1.54, 1.807) is 6.26 Å². The molecule has 0 N–H and O–H groups in total. The Kier molecular flexibility index (Phi) is 6.30. The van der Waals surface area contributed by atoms with Crippen molar-refractivity contribution >= 4 is 17.2 Å². The number of hydrogen-bond acceptors (Lipinski definition) is 4. The van der Waals surface area contributed by atoms with Crippen LogP contribution in [0.4, 0.5) is 0 Å². The number of piperidine rings is 2. The third-order valence-electron chi connectivity index (χ3n) is 6.11. The van der Waals surface area contributed by atoms with E-state index >= 15 is 0 Å². The maximum atomic E-state index is 13.2. The molecule has 1 amide bonds. The van der Waals surface area contributed by atoms with Crippen LogP contribution >= 0.6 is 11.3 Å². The second-order valence-corrected chi connectivity index (χ2v) is 8.96. The van der Waals surface area contributed by atoms with Crippen molar-refractivity contribution < 1.29 is 9.21 Å². The molecule has 4 nitrogen and oxygen atoms in total. The van der Waals surface area contributed by atoms with Crippen molar-refractivity contribution in [2.45, 2.75) is 57.5 Å². The molecule has 27 heavy (non-hydrogen) atoms. The topological polar surface area (TPSA) is 36.7 Å². The molecule has 0 radical (unpaired) electrons. The fourth-order valence-corrected chi connectivity index (χ4v) is 5.27. The molecule has 2 aliphatic heterocycles. The van der Waals surface area contributed by atoms with E-state index in [-0.39, 0.29) is 5.92 Å². The molecule has 4 heterocycles. The van der Waals surface area contributed by atoms with E-state index in [4.69, 9.17) is 4.42 Å².